The average Bonchev–Trinajstić information content (AvgIpc) is 2.75. The van der Waals surface area contributed by atoms with Gasteiger partial charge in [0.25, 0.3) is 5.91 Å². The quantitative estimate of drug-likeness (QED) is 0.680. The van der Waals surface area contributed by atoms with Crippen LogP contribution in [-0.2, 0) is 13.1 Å². The third-order valence-electron chi connectivity index (χ3n) is 4.64. The second kappa shape index (κ2) is 9.65. The number of aryl methyl sites for hydroxylation is 1. The molecule has 3 rings (SSSR count). The van der Waals surface area contributed by atoms with Gasteiger partial charge >= 0.3 is 6.03 Å². The fourth-order valence-corrected chi connectivity index (χ4v) is 2.96. The highest BCUT2D eigenvalue weighted by Gasteiger charge is 2.17. The highest BCUT2D eigenvalue weighted by Crippen LogP contribution is 2.19. The van der Waals surface area contributed by atoms with Crippen molar-refractivity contribution in [3.05, 3.63) is 89.5 Å². The largest absolute Gasteiger partial charge is 0.345 e. The van der Waals surface area contributed by atoms with Crippen molar-refractivity contribution in [3.63, 3.8) is 0 Å². The maximum absolute atomic E-state index is 13.2. The molecule has 0 aliphatic rings. The van der Waals surface area contributed by atoms with Crippen LogP contribution in [-0.4, -0.2) is 45.8 Å². The van der Waals surface area contributed by atoms with Crippen molar-refractivity contribution in [2.75, 3.05) is 19.4 Å². The SMILES string of the molecule is Cc1ccc(C(=O)N(C)C)cc1NC(=O)N(Cc1ccncc1)Cc1cccnc1. The predicted octanol–water partition coefficient (Wildman–Crippen LogP) is 3.72. The van der Waals surface area contributed by atoms with Crippen LogP contribution >= 0.6 is 0 Å². The van der Waals surface area contributed by atoms with Crippen molar-refractivity contribution in [3.8, 4) is 0 Å². The van der Waals surface area contributed by atoms with E-state index >= 15 is 0 Å². The van der Waals surface area contributed by atoms with Crippen molar-refractivity contribution in [2.45, 2.75) is 20.0 Å². The summed E-state index contributed by atoms with van der Waals surface area (Å²) in [7, 11) is 3.40. The lowest BCUT2D eigenvalue weighted by Gasteiger charge is -2.24. The van der Waals surface area contributed by atoms with Gasteiger partial charge in [0.2, 0.25) is 0 Å². The van der Waals surface area contributed by atoms with Crippen LogP contribution in [0.2, 0.25) is 0 Å². The van der Waals surface area contributed by atoms with Crippen LogP contribution < -0.4 is 5.32 Å². The van der Waals surface area contributed by atoms with Crippen LogP contribution in [0.3, 0.4) is 0 Å². The lowest BCUT2D eigenvalue weighted by molar-refractivity contribution is 0.0827. The van der Waals surface area contributed by atoms with Crippen LogP contribution in [0, 0.1) is 6.92 Å². The van der Waals surface area contributed by atoms with Crippen molar-refractivity contribution in [1.29, 1.82) is 0 Å². The summed E-state index contributed by atoms with van der Waals surface area (Å²) in [5.41, 5.74) is 3.91. The molecular weight excluding hydrogens is 378 g/mol. The van der Waals surface area contributed by atoms with Crippen molar-refractivity contribution >= 4 is 17.6 Å². The molecular formula is C23H25N5O2. The molecule has 0 atom stereocenters. The van der Waals surface area contributed by atoms with Crippen molar-refractivity contribution in [2.24, 2.45) is 0 Å². The van der Waals surface area contributed by atoms with E-state index in [1.165, 1.54) is 4.90 Å². The second-order valence-electron chi connectivity index (χ2n) is 7.23. The van der Waals surface area contributed by atoms with Crippen molar-refractivity contribution in [1.82, 2.24) is 19.8 Å². The molecule has 0 fully saturated rings. The first-order chi connectivity index (χ1) is 14.4. The number of pyridine rings is 2. The highest BCUT2D eigenvalue weighted by atomic mass is 16.2. The number of urea groups is 1. The molecule has 0 radical (unpaired) electrons. The number of nitrogens with one attached hydrogen (secondary N) is 1. The van der Waals surface area contributed by atoms with Crippen LogP contribution in [0.25, 0.3) is 0 Å². The van der Waals surface area contributed by atoms with E-state index in [1.807, 2.05) is 37.3 Å². The van der Waals surface area contributed by atoms with E-state index in [-0.39, 0.29) is 11.9 Å². The van der Waals surface area contributed by atoms with E-state index in [9.17, 15) is 9.59 Å². The Labute approximate surface area is 176 Å². The van der Waals surface area contributed by atoms with Gasteiger partial charge in [-0.15, -0.1) is 0 Å². The molecule has 0 saturated heterocycles. The molecule has 0 aliphatic heterocycles. The van der Waals surface area contributed by atoms with Gasteiger partial charge in [0.1, 0.15) is 0 Å². The molecule has 0 aliphatic carbocycles. The molecule has 0 spiro atoms. The summed E-state index contributed by atoms with van der Waals surface area (Å²) in [6.45, 7) is 2.71. The van der Waals surface area contributed by atoms with E-state index in [4.69, 9.17) is 0 Å². The molecule has 1 aromatic carbocycles. The zero-order valence-electron chi connectivity index (χ0n) is 17.4. The molecule has 7 nitrogen and oxygen atoms in total. The van der Waals surface area contributed by atoms with E-state index in [1.54, 1.807) is 55.9 Å². The number of nitrogens with zero attached hydrogens (tertiary/aromatic N) is 4. The number of carbonyl (C=O) groups is 2. The van der Waals surface area contributed by atoms with Gasteiger partial charge in [-0.1, -0.05) is 12.1 Å². The number of anilines is 1. The van der Waals surface area contributed by atoms with Crippen LogP contribution in [0.4, 0.5) is 10.5 Å². The Hall–Kier alpha value is -3.74. The molecule has 0 bridgehead atoms. The standard InChI is InChI=1S/C23H25N5O2/c1-17-6-7-20(22(29)27(2)3)13-21(17)26-23(30)28(15-18-8-11-24-12-9-18)16-19-5-4-10-25-14-19/h4-14H,15-16H2,1-3H3,(H,26,30). The molecule has 1 N–H and O–H groups in total. The third-order valence-corrected chi connectivity index (χ3v) is 4.64. The molecule has 2 heterocycles. The number of hydrogen-bond acceptors (Lipinski definition) is 4. The van der Waals surface area contributed by atoms with Gasteiger partial charge in [-0.05, 0) is 53.9 Å². The summed E-state index contributed by atoms with van der Waals surface area (Å²) in [6.07, 6.45) is 6.85. The average molecular weight is 403 g/mol. The summed E-state index contributed by atoms with van der Waals surface area (Å²) >= 11 is 0. The minimum Gasteiger partial charge on any atom is -0.345 e. The molecule has 154 valence electrons. The number of amides is 3. The molecule has 3 amide bonds. The molecule has 2 aromatic heterocycles. The van der Waals surface area contributed by atoms with E-state index < -0.39 is 0 Å². The summed E-state index contributed by atoms with van der Waals surface area (Å²) in [4.78, 5) is 36.9. The Bertz CT molecular complexity index is 965. The maximum atomic E-state index is 13.2. The fraction of sp³-hybridized carbons (Fsp3) is 0.217. The Morgan fingerprint density at radius 3 is 2.33 bits per heavy atom. The van der Waals surface area contributed by atoms with Gasteiger partial charge < -0.3 is 15.1 Å². The van der Waals surface area contributed by atoms with Crippen molar-refractivity contribution < 1.29 is 9.59 Å². The Morgan fingerprint density at radius 1 is 0.933 bits per heavy atom. The number of benzene rings is 1. The Kier molecular flexibility index (Phi) is 6.75. The maximum Gasteiger partial charge on any atom is 0.322 e. The summed E-state index contributed by atoms with van der Waals surface area (Å²) in [6, 6.07) is 12.6. The van der Waals surface area contributed by atoms with Crippen LogP contribution in [0.15, 0.2) is 67.3 Å². The minimum atomic E-state index is -0.256. The molecule has 0 unspecified atom stereocenters. The lowest BCUT2D eigenvalue weighted by atomic mass is 10.1. The first-order valence-electron chi connectivity index (χ1n) is 9.60. The second-order valence-corrected chi connectivity index (χ2v) is 7.23. The minimum absolute atomic E-state index is 0.116. The first kappa shape index (κ1) is 21.0. The van der Waals surface area contributed by atoms with Gasteiger partial charge in [-0.25, -0.2) is 4.79 Å². The Balaban J connectivity index is 1.84. The number of carbonyl (C=O) groups excluding carboxylic acids is 2. The van der Waals surface area contributed by atoms with E-state index in [0.29, 0.717) is 24.3 Å². The van der Waals surface area contributed by atoms with Crippen LogP contribution in [0.5, 0.6) is 0 Å². The number of hydrogen-bond donors (Lipinski definition) is 1. The number of aromatic nitrogens is 2. The zero-order chi connectivity index (χ0) is 21.5. The molecule has 7 heteroatoms. The first-order valence-corrected chi connectivity index (χ1v) is 9.60. The van der Waals surface area contributed by atoms with Gasteiger partial charge in [0.05, 0.1) is 0 Å². The topological polar surface area (TPSA) is 78.4 Å². The smallest absolute Gasteiger partial charge is 0.322 e. The monoisotopic (exact) mass is 403 g/mol. The molecule has 0 saturated carbocycles. The normalized spacial score (nSPS) is 10.4. The summed E-state index contributed by atoms with van der Waals surface area (Å²) in [5, 5.41) is 2.97. The predicted molar refractivity (Wildman–Crippen MR) is 116 cm³/mol. The highest BCUT2D eigenvalue weighted by molar-refractivity contribution is 5.97. The van der Waals surface area contributed by atoms with Gasteiger partial charge in [-0.3, -0.25) is 14.8 Å². The number of rotatable bonds is 6. The zero-order valence-corrected chi connectivity index (χ0v) is 17.4. The molecule has 30 heavy (non-hydrogen) atoms. The molecule has 3 aromatic rings. The van der Waals surface area contributed by atoms with Gasteiger partial charge in [0.15, 0.2) is 0 Å². The van der Waals surface area contributed by atoms with Crippen LogP contribution in [0.1, 0.15) is 27.0 Å². The summed E-state index contributed by atoms with van der Waals surface area (Å²) in [5.74, 6) is -0.116. The van der Waals surface area contributed by atoms with E-state index in [2.05, 4.69) is 15.3 Å². The van der Waals surface area contributed by atoms with E-state index in [0.717, 1.165) is 16.7 Å². The third kappa shape index (κ3) is 5.41. The fourth-order valence-electron chi connectivity index (χ4n) is 2.96. The Morgan fingerprint density at radius 2 is 1.67 bits per heavy atom. The van der Waals surface area contributed by atoms with Gasteiger partial charge in [0, 0.05) is 63.2 Å². The summed E-state index contributed by atoms with van der Waals surface area (Å²) < 4.78 is 0. The lowest BCUT2D eigenvalue weighted by Crippen LogP contribution is -2.34. The van der Waals surface area contributed by atoms with Gasteiger partial charge in [-0.2, -0.15) is 0 Å².